The van der Waals surface area contributed by atoms with Crippen molar-refractivity contribution in [2.24, 2.45) is 0 Å². The van der Waals surface area contributed by atoms with Crippen molar-refractivity contribution in [3.05, 3.63) is 63.1 Å². The standard InChI is InChI=1S/C17H17IN2O3/c1-20(2)17(22)13-5-3-12(4-6-13)11-19-16(21)10-8-14-7-9-15(18)23-14/h3-10H,11H2,1-2H3,(H,19,21)/b10-8+. The van der Waals surface area contributed by atoms with Gasteiger partial charge in [0.25, 0.3) is 5.91 Å². The Bertz CT molecular complexity index is 718. The van der Waals surface area contributed by atoms with Crippen molar-refractivity contribution in [3.63, 3.8) is 0 Å². The average molecular weight is 424 g/mol. The molecular weight excluding hydrogens is 407 g/mol. The molecular formula is C17H17IN2O3. The fraction of sp³-hybridized carbons (Fsp3) is 0.176. The highest BCUT2D eigenvalue weighted by Gasteiger charge is 2.07. The van der Waals surface area contributed by atoms with Gasteiger partial charge in [0.05, 0.1) is 0 Å². The lowest BCUT2D eigenvalue weighted by atomic mass is 10.1. The SMILES string of the molecule is CN(C)C(=O)c1ccc(CNC(=O)/C=C/c2ccc(I)o2)cc1. The molecule has 0 radical (unpaired) electrons. The topological polar surface area (TPSA) is 62.6 Å². The molecule has 1 heterocycles. The Kier molecular flexibility index (Phi) is 5.97. The van der Waals surface area contributed by atoms with Crippen LogP contribution >= 0.6 is 22.6 Å². The lowest BCUT2D eigenvalue weighted by Crippen LogP contribution is -2.22. The van der Waals surface area contributed by atoms with Crippen molar-refractivity contribution in [1.29, 1.82) is 0 Å². The minimum atomic E-state index is -0.204. The molecule has 2 rings (SSSR count). The molecule has 23 heavy (non-hydrogen) atoms. The average Bonchev–Trinajstić information content (AvgIpc) is 2.96. The normalized spacial score (nSPS) is 10.7. The van der Waals surface area contributed by atoms with Crippen LogP contribution in [0.5, 0.6) is 0 Å². The van der Waals surface area contributed by atoms with Crippen LogP contribution in [0.3, 0.4) is 0 Å². The molecule has 0 aliphatic heterocycles. The zero-order valence-corrected chi connectivity index (χ0v) is 15.0. The third-order valence-electron chi connectivity index (χ3n) is 3.07. The van der Waals surface area contributed by atoms with Crippen LogP contribution in [0, 0.1) is 3.77 Å². The number of furan rings is 1. The molecule has 5 nitrogen and oxygen atoms in total. The number of carbonyl (C=O) groups is 2. The summed E-state index contributed by atoms with van der Waals surface area (Å²) in [6.45, 7) is 0.398. The number of halogens is 1. The van der Waals surface area contributed by atoms with Gasteiger partial charge in [-0.05, 0) is 58.5 Å². The number of benzene rings is 1. The predicted molar refractivity (Wildman–Crippen MR) is 96.8 cm³/mol. The highest BCUT2D eigenvalue weighted by Crippen LogP contribution is 2.11. The molecule has 0 spiro atoms. The zero-order valence-electron chi connectivity index (χ0n) is 12.9. The molecule has 0 unspecified atom stereocenters. The van der Waals surface area contributed by atoms with Crippen molar-refractivity contribution in [3.8, 4) is 0 Å². The second-order valence-electron chi connectivity index (χ2n) is 5.09. The van der Waals surface area contributed by atoms with Gasteiger partial charge in [0.2, 0.25) is 5.91 Å². The van der Waals surface area contributed by atoms with Crippen molar-refractivity contribution < 1.29 is 14.0 Å². The van der Waals surface area contributed by atoms with Crippen LogP contribution in [-0.4, -0.2) is 30.8 Å². The van der Waals surface area contributed by atoms with E-state index in [1.165, 1.54) is 11.0 Å². The van der Waals surface area contributed by atoms with E-state index in [2.05, 4.69) is 27.9 Å². The van der Waals surface area contributed by atoms with Crippen LogP contribution in [-0.2, 0) is 11.3 Å². The molecule has 2 amide bonds. The lowest BCUT2D eigenvalue weighted by Gasteiger charge is -2.10. The van der Waals surface area contributed by atoms with Crippen LogP contribution < -0.4 is 5.32 Å². The molecule has 0 saturated heterocycles. The summed E-state index contributed by atoms with van der Waals surface area (Å²) in [4.78, 5) is 25.1. The number of amides is 2. The Labute approximate surface area is 148 Å². The van der Waals surface area contributed by atoms with Gasteiger partial charge < -0.3 is 14.6 Å². The molecule has 0 atom stereocenters. The monoisotopic (exact) mass is 424 g/mol. The van der Waals surface area contributed by atoms with Gasteiger partial charge in [-0.2, -0.15) is 0 Å². The van der Waals surface area contributed by atoms with Gasteiger partial charge in [0.15, 0.2) is 3.77 Å². The largest absolute Gasteiger partial charge is 0.451 e. The summed E-state index contributed by atoms with van der Waals surface area (Å²) in [5.41, 5.74) is 1.55. The zero-order chi connectivity index (χ0) is 16.8. The van der Waals surface area contributed by atoms with Gasteiger partial charge >= 0.3 is 0 Å². The van der Waals surface area contributed by atoms with Crippen molar-refractivity contribution >= 4 is 40.5 Å². The van der Waals surface area contributed by atoms with Crippen molar-refractivity contribution in [2.45, 2.75) is 6.54 Å². The van der Waals surface area contributed by atoms with E-state index in [0.29, 0.717) is 17.9 Å². The predicted octanol–water partition coefficient (Wildman–Crippen LogP) is 2.92. The smallest absolute Gasteiger partial charge is 0.253 e. The maximum absolute atomic E-state index is 11.8. The van der Waals surface area contributed by atoms with Crippen LogP contribution in [0.1, 0.15) is 21.7 Å². The first-order valence-electron chi connectivity index (χ1n) is 6.97. The van der Waals surface area contributed by atoms with Gasteiger partial charge in [-0.25, -0.2) is 0 Å². The van der Waals surface area contributed by atoms with Gasteiger partial charge in [0, 0.05) is 32.3 Å². The first-order chi connectivity index (χ1) is 11.0. The fourth-order valence-corrected chi connectivity index (χ4v) is 2.28. The Hall–Kier alpha value is -2.09. The quantitative estimate of drug-likeness (QED) is 0.593. The van der Waals surface area contributed by atoms with E-state index in [1.54, 1.807) is 38.4 Å². The molecule has 0 aliphatic rings. The molecule has 0 bridgehead atoms. The number of hydrogen-bond donors (Lipinski definition) is 1. The van der Waals surface area contributed by atoms with E-state index < -0.39 is 0 Å². The van der Waals surface area contributed by atoms with E-state index in [-0.39, 0.29) is 11.8 Å². The Balaban J connectivity index is 1.87. The second kappa shape index (κ2) is 7.96. The summed E-state index contributed by atoms with van der Waals surface area (Å²) in [6, 6.07) is 10.8. The Morgan fingerprint density at radius 3 is 2.43 bits per heavy atom. The van der Waals surface area contributed by atoms with Crippen LogP contribution in [0.2, 0.25) is 0 Å². The molecule has 0 saturated carbocycles. The number of hydrogen-bond acceptors (Lipinski definition) is 3. The number of rotatable bonds is 5. The summed E-state index contributed by atoms with van der Waals surface area (Å²) in [5.74, 6) is 0.387. The molecule has 2 aromatic rings. The Morgan fingerprint density at radius 1 is 1.17 bits per heavy atom. The third-order valence-corrected chi connectivity index (χ3v) is 3.65. The maximum Gasteiger partial charge on any atom is 0.253 e. The van der Waals surface area contributed by atoms with E-state index in [9.17, 15) is 9.59 Å². The summed E-state index contributed by atoms with van der Waals surface area (Å²) in [7, 11) is 3.42. The molecule has 1 aromatic carbocycles. The number of nitrogens with one attached hydrogen (secondary N) is 1. The summed E-state index contributed by atoms with van der Waals surface area (Å²) < 4.78 is 6.11. The summed E-state index contributed by atoms with van der Waals surface area (Å²) in [5, 5.41) is 2.78. The molecule has 0 fully saturated rings. The minimum Gasteiger partial charge on any atom is -0.451 e. The van der Waals surface area contributed by atoms with Gasteiger partial charge in [-0.1, -0.05) is 12.1 Å². The minimum absolute atomic E-state index is 0.0448. The van der Waals surface area contributed by atoms with E-state index >= 15 is 0 Å². The first-order valence-corrected chi connectivity index (χ1v) is 8.05. The van der Waals surface area contributed by atoms with Crippen molar-refractivity contribution in [2.75, 3.05) is 14.1 Å². The second-order valence-corrected chi connectivity index (χ2v) is 6.15. The van der Waals surface area contributed by atoms with Crippen molar-refractivity contribution in [1.82, 2.24) is 10.2 Å². The number of carbonyl (C=O) groups excluding carboxylic acids is 2. The molecule has 0 aliphatic carbocycles. The van der Waals surface area contributed by atoms with Crippen LogP contribution in [0.15, 0.2) is 46.9 Å². The van der Waals surface area contributed by atoms with Crippen LogP contribution in [0.25, 0.3) is 6.08 Å². The first kappa shape index (κ1) is 17.3. The van der Waals surface area contributed by atoms with Crippen LogP contribution in [0.4, 0.5) is 0 Å². The lowest BCUT2D eigenvalue weighted by molar-refractivity contribution is -0.116. The highest BCUT2D eigenvalue weighted by atomic mass is 127. The highest BCUT2D eigenvalue weighted by molar-refractivity contribution is 14.1. The van der Waals surface area contributed by atoms with E-state index in [0.717, 1.165) is 9.33 Å². The van der Waals surface area contributed by atoms with Gasteiger partial charge in [-0.15, -0.1) is 0 Å². The maximum atomic E-state index is 11.8. The molecule has 6 heteroatoms. The van der Waals surface area contributed by atoms with E-state index in [1.807, 2.05) is 18.2 Å². The number of nitrogens with zero attached hydrogens (tertiary/aromatic N) is 1. The van der Waals surface area contributed by atoms with Gasteiger partial charge in [0.1, 0.15) is 5.76 Å². The van der Waals surface area contributed by atoms with E-state index in [4.69, 9.17) is 4.42 Å². The molecule has 1 aromatic heterocycles. The molecule has 120 valence electrons. The summed E-state index contributed by atoms with van der Waals surface area (Å²) >= 11 is 2.06. The fourth-order valence-electron chi connectivity index (χ4n) is 1.85. The third kappa shape index (κ3) is 5.24. The molecule has 1 N–H and O–H groups in total. The van der Waals surface area contributed by atoms with Gasteiger partial charge in [-0.3, -0.25) is 9.59 Å². The summed E-state index contributed by atoms with van der Waals surface area (Å²) in [6.07, 6.45) is 3.05. The Morgan fingerprint density at radius 2 is 1.87 bits per heavy atom.